The molecule has 0 saturated carbocycles. The molecule has 0 unspecified atom stereocenters. The van der Waals surface area contributed by atoms with Crippen LogP contribution in [0.4, 0.5) is 5.82 Å². The van der Waals surface area contributed by atoms with Gasteiger partial charge in [-0.25, -0.2) is 14.6 Å². The maximum Gasteiger partial charge on any atom is 0.276 e. The zero-order valence-electron chi connectivity index (χ0n) is 16.4. The SMILES string of the molecule is Nc1c(C(=O)c2ccccc2)nnc2c3c(-c4ccccc4)c4c(=O)[nH]nc4nc3[nH]n12. The van der Waals surface area contributed by atoms with Gasteiger partial charge in [-0.1, -0.05) is 60.7 Å². The van der Waals surface area contributed by atoms with E-state index in [2.05, 4.69) is 30.5 Å². The van der Waals surface area contributed by atoms with Gasteiger partial charge in [0.05, 0.1) is 10.8 Å². The summed E-state index contributed by atoms with van der Waals surface area (Å²) in [6, 6.07) is 18.1. The molecule has 6 aromatic rings. The third-order valence-corrected chi connectivity index (χ3v) is 5.36. The lowest BCUT2D eigenvalue weighted by molar-refractivity contribution is 0.103. The van der Waals surface area contributed by atoms with Crippen LogP contribution in [0.1, 0.15) is 16.1 Å². The van der Waals surface area contributed by atoms with Crippen LogP contribution in [0, 0.1) is 0 Å². The van der Waals surface area contributed by atoms with Crippen LogP contribution in [-0.4, -0.2) is 40.8 Å². The summed E-state index contributed by atoms with van der Waals surface area (Å²) in [7, 11) is 0. The average Bonchev–Trinajstić information content (AvgIpc) is 3.39. The highest BCUT2D eigenvalue weighted by Gasteiger charge is 2.24. The van der Waals surface area contributed by atoms with Crippen molar-refractivity contribution in [2.24, 2.45) is 0 Å². The Morgan fingerprint density at radius 3 is 2.41 bits per heavy atom. The molecule has 0 atom stereocenters. The van der Waals surface area contributed by atoms with Crippen molar-refractivity contribution in [1.29, 1.82) is 0 Å². The minimum atomic E-state index is -0.357. The highest BCUT2D eigenvalue weighted by atomic mass is 16.1. The molecular formula is C22H14N8O2. The zero-order valence-corrected chi connectivity index (χ0v) is 16.4. The molecule has 6 rings (SSSR count). The lowest BCUT2D eigenvalue weighted by Gasteiger charge is -2.06. The molecule has 4 aromatic heterocycles. The number of nitrogens with one attached hydrogen (secondary N) is 2. The molecule has 0 spiro atoms. The summed E-state index contributed by atoms with van der Waals surface area (Å²) in [5.41, 5.74) is 8.85. The molecule has 0 amide bonds. The second kappa shape index (κ2) is 6.57. The summed E-state index contributed by atoms with van der Waals surface area (Å²) in [6.07, 6.45) is 0. The molecule has 2 aromatic carbocycles. The molecule has 0 saturated heterocycles. The van der Waals surface area contributed by atoms with Crippen molar-refractivity contribution >= 4 is 39.3 Å². The maximum absolute atomic E-state index is 12.9. The number of carbonyl (C=O) groups is 1. The normalized spacial score (nSPS) is 11.5. The monoisotopic (exact) mass is 422 g/mol. The van der Waals surface area contributed by atoms with Crippen LogP contribution in [0.3, 0.4) is 0 Å². The van der Waals surface area contributed by atoms with Crippen molar-refractivity contribution in [3.05, 3.63) is 82.3 Å². The Balaban J connectivity index is 1.70. The third-order valence-electron chi connectivity index (χ3n) is 5.36. The Hall–Kier alpha value is -4.86. The predicted molar refractivity (Wildman–Crippen MR) is 118 cm³/mol. The minimum absolute atomic E-state index is 0.0106. The fourth-order valence-corrected chi connectivity index (χ4v) is 3.90. The van der Waals surface area contributed by atoms with E-state index in [1.807, 2.05) is 36.4 Å². The van der Waals surface area contributed by atoms with Gasteiger partial charge in [-0.15, -0.1) is 10.2 Å². The number of carbonyl (C=O) groups excluding carboxylic acids is 1. The van der Waals surface area contributed by atoms with Crippen molar-refractivity contribution in [2.45, 2.75) is 0 Å². The Kier molecular flexibility index (Phi) is 3.69. The quantitative estimate of drug-likeness (QED) is 0.371. The Morgan fingerprint density at radius 1 is 0.938 bits per heavy atom. The number of pyridine rings is 1. The fraction of sp³-hybridized carbons (Fsp3) is 0. The highest BCUT2D eigenvalue weighted by molar-refractivity contribution is 6.14. The van der Waals surface area contributed by atoms with E-state index in [9.17, 15) is 9.59 Å². The minimum Gasteiger partial charge on any atom is -0.382 e. The summed E-state index contributed by atoms with van der Waals surface area (Å²) in [5, 5.41) is 18.9. The molecule has 32 heavy (non-hydrogen) atoms. The Bertz CT molecular complexity index is 1720. The number of nitrogen functional groups attached to an aromatic ring is 1. The van der Waals surface area contributed by atoms with E-state index in [-0.39, 0.29) is 28.5 Å². The van der Waals surface area contributed by atoms with Crippen LogP contribution in [-0.2, 0) is 0 Å². The van der Waals surface area contributed by atoms with Gasteiger partial charge in [0.15, 0.2) is 28.5 Å². The number of aromatic amines is 2. The molecule has 0 fully saturated rings. The summed E-state index contributed by atoms with van der Waals surface area (Å²) in [6.45, 7) is 0. The van der Waals surface area contributed by atoms with Crippen LogP contribution in [0.5, 0.6) is 0 Å². The third kappa shape index (κ3) is 2.46. The number of benzene rings is 2. The van der Waals surface area contributed by atoms with Gasteiger partial charge in [0.1, 0.15) is 0 Å². The molecule has 10 nitrogen and oxygen atoms in total. The number of rotatable bonds is 3. The number of nitrogens with two attached hydrogens (primary N) is 1. The second-order valence-electron chi connectivity index (χ2n) is 7.23. The molecule has 0 radical (unpaired) electrons. The van der Waals surface area contributed by atoms with Gasteiger partial charge in [0.2, 0.25) is 5.78 Å². The number of hydrogen-bond donors (Lipinski definition) is 3. The van der Waals surface area contributed by atoms with Crippen LogP contribution in [0.2, 0.25) is 0 Å². The first-order valence-corrected chi connectivity index (χ1v) is 9.73. The van der Waals surface area contributed by atoms with E-state index in [1.165, 1.54) is 4.52 Å². The molecule has 0 aliphatic rings. The molecule has 10 heteroatoms. The van der Waals surface area contributed by atoms with E-state index in [0.29, 0.717) is 33.2 Å². The van der Waals surface area contributed by atoms with Crippen LogP contribution in [0.25, 0.3) is 38.8 Å². The van der Waals surface area contributed by atoms with Gasteiger partial charge in [0.25, 0.3) is 5.56 Å². The lowest BCUT2D eigenvalue weighted by Crippen LogP contribution is -2.14. The van der Waals surface area contributed by atoms with Crippen molar-refractivity contribution in [3.63, 3.8) is 0 Å². The molecule has 4 N–H and O–H groups in total. The average molecular weight is 422 g/mol. The molecule has 154 valence electrons. The van der Waals surface area contributed by atoms with Gasteiger partial charge in [-0.05, 0) is 5.56 Å². The summed E-state index contributed by atoms with van der Waals surface area (Å²) < 4.78 is 1.46. The molecule has 0 bridgehead atoms. The number of nitrogens with zero attached hydrogens (tertiary/aromatic N) is 5. The number of ketones is 1. The molecular weight excluding hydrogens is 408 g/mol. The highest BCUT2D eigenvalue weighted by Crippen LogP contribution is 2.35. The Morgan fingerprint density at radius 2 is 1.66 bits per heavy atom. The van der Waals surface area contributed by atoms with Crippen LogP contribution >= 0.6 is 0 Å². The molecule has 4 heterocycles. The largest absolute Gasteiger partial charge is 0.382 e. The first kappa shape index (κ1) is 18.0. The van der Waals surface area contributed by atoms with Crippen LogP contribution < -0.4 is 11.3 Å². The van der Waals surface area contributed by atoms with E-state index >= 15 is 0 Å². The van der Waals surface area contributed by atoms with E-state index in [1.54, 1.807) is 24.3 Å². The van der Waals surface area contributed by atoms with Crippen molar-refractivity contribution in [2.75, 3.05) is 5.73 Å². The fourth-order valence-electron chi connectivity index (χ4n) is 3.90. The first-order valence-electron chi connectivity index (χ1n) is 9.73. The first-order chi connectivity index (χ1) is 15.6. The molecule has 0 aliphatic carbocycles. The summed E-state index contributed by atoms with van der Waals surface area (Å²) in [5.74, 6) is -0.265. The number of anilines is 1. The van der Waals surface area contributed by atoms with Gasteiger partial charge >= 0.3 is 0 Å². The number of fused-ring (bicyclic) bond motifs is 4. The Labute approximate surface area is 178 Å². The number of aromatic nitrogens is 7. The van der Waals surface area contributed by atoms with Gasteiger partial charge in [-0.2, -0.15) is 5.10 Å². The number of hydrogen-bond acceptors (Lipinski definition) is 7. The van der Waals surface area contributed by atoms with Gasteiger partial charge in [0, 0.05) is 11.1 Å². The van der Waals surface area contributed by atoms with E-state index in [4.69, 9.17) is 5.73 Å². The second-order valence-corrected chi connectivity index (χ2v) is 7.23. The zero-order chi connectivity index (χ0) is 21.8. The topological polar surface area (TPSA) is 148 Å². The van der Waals surface area contributed by atoms with Crippen molar-refractivity contribution in [3.8, 4) is 11.1 Å². The van der Waals surface area contributed by atoms with Crippen molar-refractivity contribution in [1.82, 2.24) is 35.0 Å². The summed E-state index contributed by atoms with van der Waals surface area (Å²) in [4.78, 5) is 30.0. The maximum atomic E-state index is 12.9. The lowest BCUT2D eigenvalue weighted by atomic mass is 10.0. The van der Waals surface area contributed by atoms with Gasteiger partial charge in [-0.3, -0.25) is 14.7 Å². The van der Waals surface area contributed by atoms with E-state index in [0.717, 1.165) is 5.56 Å². The predicted octanol–water partition coefficient (Wildman–Crippen LogP) is 2.32. The van der Waals surface area contributed by atoms with Crippen LogP contribution in [0.15, 0.2) is 65.5 Å². The molecule has 0 aliphatic heterocycles. The standard InChI is InChI=1S/C22H14N8O2/c23-18-16(17(31)12-9-5-2-6-10-12)25-27-21-14-13(11-7-3-1-4-8-11)15-19(26-28-22(15)32)24-20(14)29-30(18)21/h1-10H,23H2,(H,28,32)(H,24,26,29). The summed E-state index contributed by atoms with van der Waals surface area (Å²) >= 11 is 0. The smallest absolute Gasteiger partial charge is 0.276 e. The van der Waals surface area contributed by atoms with Crippen molar-refractivity contribution < 1.29 is 4.79 Å². The number of H-pyrrole nitrogens is 2. The van der Waals surface area contributed by atoms with E-state index < -0.39 is 0 Å². The van der Waals surface area contributed by atoms with Gasteiger partial charge < -0.3 is 5.73 Å².